The van der Waals surface area contributed by atoms with E-state index in [1.54, 1.807) is 12.1 Å². The lowest BCUT2D eigenvalue weighted by molar-refractivity contribution is -0.116. The number of methoxy groups -OCH3 is 3. The van der Waals surface area contributed by atoms with E-state index in [1.165, 1.54) is 46.6 Å². The Hall–Kier alpha value is -3.18. The number of ether oxygens (including phenoxy) is 5. The molecule has 0 spiro atoms. The third-order valence-corrected chi connectivity index (χ3v) is 6.34. The standard InChI is InChI=1S/C20H24N2O8S/c1-22(31(24,25)14-5-6-15-16(11-14)30-8-7-29-15)12-19(23)21-13-9-17(26-2)20(28-4)18(10-13)27-3/h5-6,9-11H,7-8,12H2,1-4H3,(H,21,23). The molecule has 1 heterocycles. The number of anilines is 1. The van der Waals surface area contributed by atoms with Gasteiger partial charge >= 0.3 is 0 Å². The molecular weight excluding hydrogens is 428 g/mol. The number of benzene rings is 2. The van der Waals surface area contributed by atoms with E-state index in [9.17, 15) is 13.2 Å². The fraction of sp³-hybridized carbons (Fsp3) is 0.350. The Morgan fingerprint density at radius 2 is 1.61 bits per heavy atom. The second kappa shape index (κ2) is 9.31. The maximum absolute atomic E-state index is 12.9. The molecule has 2 aromatic rings. The van der Waals surface area contributed by atoms with Crippen molar-refractivity contribution >= 4 is 21.6 Å². The Morgan fingerprint density at radius 3 is 2.19 bits per heavy atom. The summed E-state index contributed by atoms with van der Waals surface area (Å²) >= 11 is 0. The zero-order chi connectivity index (χ0) is 22.6. The summed E-state index contributed by atoms with van der Waals surface area (Å²) in [5, 5.41) is 2.64. The first-order valence-electron chi connectivity index (χ1n) is 9.26. The maximum Gasteiger partial charge on any atom is 0.243 e. The Labute approximate surface area is 180 Å². The van der Waals surface area contributed by atoms with E-state index in [1.807, 2.05) is 0 Å². The van der Waals surface area contributed by atoms with E-state index in [4.69, 9.17) is 23.7 Å². The number of fused-ring (bicyclic) bond motifs is 1. The summed E-state index contributed by atoms with van der Waals surface area (Å²) in [6, 6.07) is 7.43. The minimum absolute atomic E-state index is 0.000152. The van der Waals surface area contributed by atoms with Gasteiger partial charge in [-0.05, 0) is 12.1 Å². The van der Waals surface area contributed by atoms with E-state index in [2.05, 4.69) is 5.32 Å². The van der Waals surface area contributed by atoms with E-state index in [0.717, 1.165) is 4.31 Å². The highest BCUT2D eigenvalue weighted by Crippen LogP contribution is 2.40. The number of nitrogens with zero attached hydrogens (tertiary/aromatic N) is 1. The van der Waals surface area contributed by atoms with Crippen molar-refractivity contribution in [1.29, 1.82) is 0 Å². The van der Waals surface area contributed by atoms with Gasteiger partial charge in [-0.3, -0.25) is 4.79 Å². The molecule has 0 aliphatic carbocycles. The zero-order valence-corrected chi connectivity index (χ0v) is 18.4. The van der Waals surface area contributed by atoms with Gasteiger partial charge in [-0.1, -0.05) is 0 Å². The highest BCUT2D eigenvalue weighted by molar-refractivity contribution is 7.89. The smallest absolute Gasteiger partial charge is 0.243 e. The molecule has 10 nitrogen and oxygen atoms in total. The fourth-order valence-electron chi connectivity index (χ4n) is 3.01. The van der Waals surface area contributed by atoms with Crippen LogP contribution < -0.4 is 29.0 Å². The molecule has 1 aliphatic heterocycles. The highest BCUT2D eigenvalue weighted by Gasteiger charge is 2.25. The van der Waals surface area contributed by atoms with Crippen LogP contribution in [0.5, 0.6) is 28.7 Å². The second-order valence-electron chi connectivity index (χ2n) is 6.53. The van der Waals surface area contributed by atoms with Gasteiger partial charge in [0, 0.05) is 30.9 Å². The summed E-state index contributed by atoms with van der Waals surface area (Å²) in [6.45, 7) is 0.330. The number of likely N-dealkylation sites (N-methyl/N-ethyl adjacent to an activating group) is 1. The van der Waals surface area contributed by atoms with Crippen LogP contribution in [0.15, 0.2) is 35.2 Å². The first-order valence-corrected chi connectivity index (χ1v) is 10.7. The van der Waals surface area contributed by atoms with Gasteiger partial charge in [-0.25, -0.2) is 8.42 Å². The van der Waals surface area contributed by atoms with Crippen LogP contribution in [-0.2, 0) is 14.8 Å². The Balaban J connectivity index is 1.74. The lowest BCUT2D eigenvalue weighted by Crippen LogP contribution is -2.35. The molecule has 1 amide bonds. The topological polar surface area (TPSA) is 113 Å². The molecule has 0 radical (unpaired) electrons. The van der Waals surface area contributed by atoms with Crippen molar-refractivity contribution in [2.24, 2.45) is 0 Å². The minimum atomic E-state index is -3.93. The largest absolute Gasteiger partial charge is 0.493 e. The molecule has 1 aliphatic rings. The number of hydrogen-bond acceptors (Lipinski definition) is 8. The van der Waals surface area contributed by atoms with Crippen molar-refractivity contribution in [2.45, 2.75) is 4.90 Å². The number of hydrogen-bond donors (Lipinski definition) is 1. The second-order valence-corrected chi connectivity index (χ2v) is 8.57. The van der Waals surface area contributed by atoms with E-state index in [0.29, 0.717) is 47.6 Å². The first-order chi connectivity index (χ1) is 14.8. The van der Waals surface area contributed by atoms with Crippen molar-refractivity contribution in [1.82, 2.24) is 4.31 Å². The number of sulfonamides is 1. The molecule has 1 N–H and O–H groups in total. The lowest BCUT2D eigenvalue weighted by atomic mass is 10.2. The highest BCUT2D eigenvalue weighted by atomic mass is 32.2. The van der Waals surface area contributed by atoms with Gasteiger partial charge in [-0.15, -0.1) is 0 Å². The molecule has 0 saturated heterocycles. The van der Waals surface area contributed by atoms with Gasteiger partial charge in [0.1, 0.15) is 13.2 Å². The Kier molecular flexibility index (Phi) is 6.76. The Bertz CT molecular complexity index is 1050. The molecule has 2 aromatic carbocycles. The average Bonchev–Trinajstić information content (AvgIpc) is 2.77. The van der Waals surface area contributed by atoms with Crippen molar-refractivity contribution in [3.63, 3.8) is 0 Å². The van der Waals surface area contributed by atoms with Gasteiger partial charge in [0.2, 0.25) is 21.7 Å². The molecule has 0 atom stereocenters. The van der Waals surface area contributed by atoms with Crippen LogP contribution in [-0.4, -0.2) is 66.8 Å². The minimum Gasteiger partial charge on any atom is -0.493 e. The van der Waals surface area contributed by atoms with Crippen molar-refractivity contribution < 1.29 is 36.9 Å². The maximum atomic E-state index is 12.9. The number of rotatable bonds is 8. The monoisotopic (exact) mass is 452 g/mol. The summed E-state index contributed by atoms with van der Waals surface area (Å²) in [4.78, 5) is 12.5. The lowest BCUT2D eigenvalue weighted by Gasteiger charge is -2.21. The molecule has 0 bridgehead atoms. The fourth-order valence-corrected chi connectivity index (χ4v) is 4.15. The summed E-state index contributed by atoms with van der Waals surface area (Å²) in [6.07, 6.45) is 0. The molecule has 31 heavy (non-hydrogen) atoms. The third-order valence-electron chi connectivity index (χ3n) is 4.54. The summed E-state index contributed by atoms with van der Waals surface area (Å²) in [5.41, 5.74) is 0.365. The molecule has 0 saturated carbocycles. The van der Waals surface area contributed by atoms with Gasteiger partial charge in [0.05, 0.1) is 32.8 Å². The molecule has 0 unspecified atom stereocenters. The van der Waals surface area contributed by atoms with Crippen LogP contribution in [0.1, 0.15) is 0 Å². The van der Waals surface area contributed by atoms with Crippen LogP contribution in [0.2, 0.25) is 0 Å². The first kappa shape index (κ1) is 22.5. The number of carbonyl (C=O) groups excluding carboxylic acids is 1. The predicted molar refractivity (Wildman–Crippen MR) is 112 cm³/mol. The number of amides is 1. The van der Waals surface area contributed by atoms with Crippen molar-refractivity contribution in [3.8, 4) is 28.7 Å². The summed E-state index contributed by atoms with van der Waals surface area (Å²) in [7, 11) is 1.77. The van der Waals surface area contributed by atoms with Crippen LogP contribution in [0, 0.1) is 0 Å². The molecule has 11 heteroatoms. The van der Waals surface area contributed by atoms with E-state index >= 15 is 0 Å². The van der Waals surface area contributed by atoms with Crippen molar-refractivity contribution in [2.75, 3.05) is 53.5 Å². The molecule has 3 rings (SSSR count). The van der Waals surface area contributed by atoms with Gasteiger partial charge in [0.25, 0.3) is 0 Å². The number of carbonyl (C=O) groups is 1. The normalized spacial score (nSPS) is 12.9. The van der Waals surface area contributed by atoms with Crippen LogP contribution in [0.25, 0.3) is 0 Å². The predicted octanol–water partition coefficient (Wildman–Crippen LogP) is 1.74. The van der Waals surface area contributed by atoms with E-state index < -0.39 is 22.5 Å². The van der Waals surface area contributed by atoms with Crippen LogP contribution in [0.4, 0.5) is 5.69 Å². The quantitative estimate of drug-likeness (QED) is 0.645. The van der Waals surface area contributed by atoms with Crippen molar-refractivity contribution in [3.05, 3.63) is 30.3 Å². The summed E-state index contributed by atoms with van der Waals surface area (Å²) < 4.78 is 53.3. The molecule has 168 valence electrons. The zero-order valence-electron chi connectivity index (χ0n) is 17.6. The van der Waals surface area contributed by atoms with Gasteiger partial charge < -0.3 is 29.0 Å². The van der Waals surface area contributed by atoms with E-state index in [-0.39, 0.29) is 4.90 Å². The number of nitrogens with one attached hydrogen (secondary N) is 1. The van der Waals surface area contributed by atoms with Crippen LogP contribution >= 0.6 is 0 Å². The Morgan fingerprint density at radius 1 is 1.00 bits per heavy atom. The SMILES string of the molecule is COc1cc(NC(=O)CN(C)S(=O)(=O)c2ccc3c(c2)OCCO3)cc(OC)c1OC. The molecule has 0 aromatic heterocycles. The molecule has 0 fully saturated rings. The van der Waals surface area contributed by atoms with Crippen LogP contribution in [0.3, 0.4) is 0 Å². The average molecular weight is 452 g/mol. The summed E-state index contributed by atoms with van der Waals surface area (Å²) in [5.74, 6) is 1.37. The van der Waals surface area contributed by atoms with Gasteiger partial charge in [0.15, 0.2) is 23.0 Å². The van der Waals surface area contributed by atoms with Gasteiger partial charge in [-0.2, -0.15) is 4.31 Å². The molecular formula is C20H24N2O8S. The third kappa shape index (κ3) is 4.78.